The van der Waals surface area contributed by atoms with Crippen molar-refractivity contribution in [2.45, 2.75) is 9.79 Å². The van der Waals surface area contributed by atoms with Crippen molar-refractivity contribution in [3.63, 3.8) is 0 Å². The van der Waals surface area contributed by atoms with Crippen LogP contribution >= 0.6 is 11.6 Å². The molecule has 0 spiro atoms. The predicted octanol–water partition coefficient (Wildman–Crippen LogP) is 3.93. The van der Waals surface area contributed by atoms with Gasteiger partial charge >= 0.3 is 10.1 Å². The van der Waals surface area contributed by atoms with Gasteiger partial charge in [0.2, 0.25) is 0 Å². The molecular weight excluding hydrogens is 422 g/mol. The van der Waals surface area contributed by atoms with Crippen molar-refractivity contribution in [2.24, 2.45) is 0 Å². The largest absolute Gasteiger partial charge is 0.379 e. The third-order valence-corrected chi connectivity index (χ3v) is 7.17. The molecule has 0 bridgehead atoms. The fourth-order valence-corrected chi connectivity index (χ4v) is 4.85. The Morgan fingerprint density at radius 2 is 1.39 bits per heavy atom. The first-order valence-electron chi connectivity index (χ1n) is 8.04. The van der Waals surface area contributed by atoms with Gasteiger partial charge < -0.3 is 4.18 Å². The first-order chi connectivity index (χ1) is 13.2. The minimum absolute atomic E-state index is 0.0502. The van der Waals surface area contributed by atoms with Gasteiger partial charge in [-0.05, 0) is 54.6 Å². The van der Waals surface area contributed by atoms with Gasteiger partial charge in [0, 0.05) is 12.1 Å². The maximum absolute atomic E-state index is 12.6. The molecule has 0 fully saturated rings. The smallest absolute Gasteiger partial charge is 0.339 e. The molecule has 0 heterocycles. The Balaban J connectivity index is 1.82. The number of nitrogens with zero attached hydrogens (tertiary/aromatic N) is 1. The molecule has 0 aliphatic carbocycles. The summed E-state index contributed by atoms with van der Waals surface area (Å²) in [4.78, 5) is 0.0780. The summed E-state index contributed by atoms with van der Waals surface area (Å²) in [5.41, 5.74) is 0.358. The molecule has 0 radical (unpaired) electrons. The van der Waals surface area contributed by atoms with Crippen LogP contribution in [0, 0.1) is 0 Å². The summed E-state index contributed by atoms with van der Waals surface area (Å²) >= 11 is 5.82. The van der Waals surface area contributed by atoms with Gasteiger partial charge in [-0.15, -0.1) is 0 Å². The highest BCUT2D eigenvalue weighted by Crippen LogP contribution is 2.26. The molecule has 3 aromatic carbocycles. The number of sulfonamides is 1. The molecule has 0 saturated heterocycles. The number of hydrogen-bond donors (Lipinski definition) is 0. The van der Waals surface area contributed by atoms with Crippen molar-refractivity contribution in [2.75, 3.05) is 11.4 Å². The predicted molar refractivity (Wildman–Crippen MR) is 108 cm³/mol. The molecular formula is C19H16ClNO5S2. The van der Waals surface area contributed by atoms with Gasteiger partial charge in [-0.25, -0.2) is 8.42 Å². The van der Waals surface area contributed by atoms with Crippen LogP contribution in [-0.4, -0.2) is 23.9 Å². The van der Waals surface area contributed by atoms with Gasteiger partial charge in [0.1, 0.15) is 10.6 Å². The summed E-state index contributed by atoms with van der Waals surface area (Å²) in [6, 6.07) is 19.4. The molecule has 0 amide bonds. The zero-order valence-corrected chi connectivity index (χ0v) is 17.1. The summed E-state index contributed by atoms with van der Waals surface area (Å²) in [6.07, 6.45) is 0. The Hall–Kier alpha value is -2.55. The second-order valence-corrected chi connectivity index (χ2v) is 9.73. The van der Waals surface area contributed by atoms with E-state index in [0.717, 1.165) is 4.31 Å². The monoisotopic (exact) mass is 437 g/mol. The highest BCUT2D eigenvalue weighted by atomic mass is 35.5. The molecule has 3 aromatic rings. The normalized spacial score (nSPS) is 11.8. The topological polar surface area (TPSA) is 80.8 Å². The summed E-state index contributed by atoms with van der Waals surface area (Å²) in [6.45, 7) is 0. The number of benzene rings is 3. The van der Waals surface area contributed by atoms with Crippen LogP contribution in [0.5, 0.6) is 5.75 Å². The van der Waals surface area contributed by atoms with Gasteiger partial charge in [-0.3, -0.25) is 4.31 Å². The standard InChI is InChI=1S/C19H16ClNO5S2/c1-21(27(22,23)18-7-3-2-4-8-18)16-10-12-17(13-11-16)26-28(24,25)19-9-5-6-15(20)14-19/h2-14H,1H3. The third kappa shape index (κ3) is 4.30. The fourth-order valence-electron chi connectivity index (χ4n) is 2.40. The van der Waals surface area contributed by atoms with E-state index in [-0.39, 0.29) is 20.6 Å². The van der Waals surface area contributed by atoms with Gasteiger partial charge in [0.05, 0.1) is 10.6 Å². The molecule has 3 rings (SSSR count). The van der Waals surface area contributed by atoms with Gasteiger partial charge in [-0.2, -0.15) is 8.42 Å². The van der Waals surface area contributed by atoms with Gasteiger partial charge in [0.25, 0.3) is 10.0 Å². The number of halogens is 1. The van der Waals surface area contributed by atoms with E-state index in [2.05, 4.69) is 0 Å². The van der Waals surface area contributed by atoms with Crippen LogP contribution in [0.3, 0.4) is 0 Å². The van der Waals surface area contributed by atoms with Crippen LogP contribution in [-0.2, 0) is 20.1 Å². The molecule has 0 atom stereocenters. The maximum Gasteiger partial charge on any atom is 0.339 e. The summed E-state index contributed by atoms with van der Waals surface area (Å²) < 4.78 is 56.2. The highest BCUT2D eigenvalue weighted by Gasteiger charge is 2.21. The molecule has 0 N–H and O–H groups in total. The Labute approximate surface area is 169 Å². The second-order valence-electron chi connectivity index (χ2n) is 5.77. The lowest BCUT2D eigenvalue weighted by molar-refractivity contribution is 0.486. The van der Waals surface area contributed by atoms with E-state index in [1.807, 2.05) is 0 Å². The van der Waals surface area contributed by atoms with E-state index in [1.165, 1.54) is 61.6 Å². The SMILES string of the molecule is CN(c1ccc(OS(=O)(=O)c2cccc(Cl)c2)cc1)S(=O)(=O)c1ccccc1. The van der Waals surface area contributed by atoms with E-state index in [4.69, 9.17) is 15.8 Å². The van der Waals surface area contributed by atoms with E-state index in [9.17, 15) is 16.8 Å². The molecule has 0 aliphatic rings. The summed E-state index contributed by atoms with van der Waals surface area (Å²) in [5.74, 6) is 0.0502. The molecule has 0 saturated carbocycles. The maximum atomic E-state index is 12.6. The highest BCUT2D eigenvalue weighted by molar-refractivity contribution is 7.92. The first kappa shape index (κ1) is 20.2. The molecule has 28 heavy (non-hydrogen) atoms. The lowest BCUT2D eigenvalue weighted by atomic mass is 10.3. The minimum atomic E-state index is -4.06. The minimum Gasteiger partial charge on any atom is -0.379 e. The number of anilines is 1. The van der Waals surface area contributed by atoms with Crippen molar-refractivity contribution < 1.29 is 21.0 Å². The Morgan fingerprint density at radius 1 is 0.786 bits per heavy atom. The van der Waals surface area contributed by atoms with Crippen LogP contribution in [0.2, 0.25) is 5.02 Å². The van der Waals surface area contributed by atoms with Crippen molar-refractivity contribution in [3.05, 3.63) is 83.9 Å². The second kappa shape index (κ2) is 7.83. The van der Waals surface area contributed by atoms with E-state index in [1.54, 1.807) is 24.3 Å². The van der Waals surface area contributed by atoms with Crippen molar-refractivity contribution >= 4 is 37.4 Å². The van der Waals surface area contributed by atoms with Crippen molar-refractivity contribution in [3.8, 4) is 5.75 Å². The number of hydrogen-bond acceptors (Lipinski definition) is 5. The number of rotatable bonds is 6. The Bertz CT molecular complexity index is 1180. The summed E-state index contributed by atoms with van der Waals surface area (Å²) in [5, 5.41) is 0.271. The molecule has 6 nitrogen and oxygen atoms in total. The molecule has 0 aliphatic heterocycles. The molecule has 0 unspecified atom stereocenters. The van der Waals surface area contributed by atoms with Crippen molar-refractivity contribution in [1.82, 2.24) is 0 Å². The van der Waals surface area contributed by atoms with Crippen LogP contribution in [0.15, 0.2) is 88.7 Å². The average molecular weight is 438 g/mol. The van der Waals surface area contributed by atoms with Crippen molar-refractivity contribution in [1.29, 1.82) is 0 Å². The Morgan fingerprint density at radius 3 is 2.00 bits per heavy atom. The first-order valence-corrected chi connectivity index (χ1v) is 11.3. The zero-order valence-electron chi connectivity index (χ0n) is 14.7. The molecule has 0 aromatic heterocycles. The van der Waals surface area contributed by atoms with E-state index >= 15 is 0 Å². The van der Waals surface area contributed by atoms with Crippen LogP contribution in [0.4, 0.5) is 5.69 Å². The third-order valence-electron chi connectivity index (χ3n) is 3.89. The average Bonchev–Trinajstić information content (AvgIpc) is 2.68. The zero-order chi connectivity index (χ0) is 20.4. The van der Waals surface area contributed by atoms with Gasteiger partial charge in [-0.1, -0.05) is 35.9 Å². The Kier molecular flexibility index (Phi) is 5.64. The quantitative estimate of drug-likeness (QED) is 0.546. The van der Waals surface area contributed by atoms with Crippen LogP contribution < -0.4 is 8.49 Å². The lowest BCUT2D eigenvalue weighted by Gasteiger charge is -2.19. The molecule has 9 heteroatoms. The summed E-state index contributed by atoms with van der Waals surface area (Å²) in [7, 11) is -6.37. The van der Waals surface area contributed by atoms with E-state index < -0.39 is 20.1 Å². The van der Waals surface area contributed by atoms with Gasteiger partial charge in [0.15, 0.2) is 0 Å². The fraction of sp³-hybridized carbons (Fsp3) is 0.0526. The molecule has 146 valence electrons. The lowest BCUT2D eigenvalue weighted by Crippen LogP contribution is -2.26. The van der Waals surface area contributed by atoms with Crippen LogP contribution in [0.25, 0.3) is 0 Å². The van der Waals surface area contributed by atoms with E-state index in [0.29, 0.717) is 5.69 Å². The van der Waals surface area contributed by atoms with Crippen LogP contribution in [0.1, 0.15) is 0 Å².